The van der Waals surface area contributed by atoms with Crippen molar-refractivity contribution in [3.8, 4) is 0 Å². The highest BCUT2D eigenvalue weighted by molar-refractivity contribution is 14.0. The minimum absolute atomic E-state index is 0. The molecule has 2 heterocycles. The van der Waals surface area contributed by atoms with E-state index in [0.29, 0.717) is 12.0 Å². The van der Waals surface area contributed by atoms with Crippen molar-refractivity contribution in [1.29, 1.82) is 0 Å². The second-order valence-electron chi connectivity index (χ2n) is 5.51. The van der Waals surface area contributed by atoms with Gasteiger partial charge in [-0.25, -0.2) is 0 Å². The maximum atomic E-state index is 5.74. The molecular weight excluding hydrogens is 425 g/mol. The van der Waals surface area contributed by atoms with Crippen molar-refractivity contribution in [1.82, 2.24) is 10.6 Å². The summed E-state index contributed by atoms with van der Waals surface area (Å²) >= 11 is 1.80. The van der Waals surface area contributed by atoms with E-state index in [1.807, 2.05) is 0 Å². The quantitative estimate of drug-likeness (QED) is 0.275. The summed E-state index contributed by atoms with van der Waals surface area (Å²) in [6.07, 6.45) is 2.29. The Morgan fingerprint density at radius 2 is 2.39 bits per heavy atom. The molecule has 0 radical (unpaired) electrons. The molecule has 2 unspecified atom stereocenters. The molecule has 1 aromatic heterocycles. The lowest BCUT2D eigenvalue weighted by atomic mass is 10.1. The van der Waals surface area contributed by atoms with Crippen LogP contribution in [0.25, 0.3) is 0 Å². The minimum Gasteiger partial charge on any atom is -0.379 e. The Morgan fingerprint density at radius 1 is 1.52 bits per heavy atom. The molecule has 0 aliphatic carbocycles. The van der Waals surface area contributed by atoms with Crippen molar-refractivity contribution >= 4 is 41.3 Å². The molecule has 1 saturated heterocycles. The molecule has 0 amide bonds. The lowest BCUT2D eigenvalue weighted by molar-refractivity contribution is 0.0420. The maximum absolute atomic E-state index is 5.74. The van der Waals surface area contributed by atoms with E-state index in [1.165, 1.54) is 4.88 Å². The van der Waals surface area contributed by atoms with Crippen molar-refractivity contribution in [2.24, 2.45) is 4.99 Å². The average molecular weight is 453 g/mol. The highest BCUT2D eigenvalue weighted by Crippen LogP contribution is 2.19. The van der Waals surface area contributed by atoms with E-state index in [1.54, 1.807) is 18.4 Å². The summed E-state index contributed by atoms with van der Waals surface area (Å²) in [6.45, 7) is 6.32. The fourth-order valence-corrected chi connectivity index (χ4v) is 3.10. The van der Waals surface area contributed by atoms with Gasteiger partial charge in [0.1, 0.15) is 0 Å². The Kier molecular flexibility index (Phi) is 10.8. The molecule has 7 heteroatoms. The number of nitrogens with one attached hydrogen (secondary N) is 2. The fourth-order valence-electron chi connectivity index (χ4n) is 2.32. The highest BCUT2D eigenvalue weighted by atomic mass is 127. The highest BCUT2D eigenvalue weighted by Gasteiger charge is 2.15. The molecule has 0 spiro atoms. The van der Waals surface area contributed by atoms with E-state index in [2.05, 4.69) is 40.1 Å². The first-order valence-electron chi connectivity index (χ1n) is 7.97. The van der Waals surface area contributed by atoms with Gasteiger partial charge >= 0.3 is 0 Å². The number of rotatable bonds is 8. The molecule has 5 nitrogen and oxygen atoms in total. The van der Waals surface area contributed by atoms with E-state index in [0.717, 1.165) is 51.7 Å². The number of hydrogen-bond acceptors (Lipinski definition) is 4. The monoisotopic (exact) mass is 453 g/mol. The van der Waals surface area contributed by atoms with Gasteiger partial charge in [-0.2, -0.15) is 0 Å². The molecule has 2 rings (SSSR count). The van der Waals surface area contributed by atoms with Gasteiger partial charge in [0.25, 0.3) is 0 Å². The molecule has 0 saturated carbocycles. The van der Waals surface area contributed by atoms with Crippen molar-refractivity contribution in [3.05, 3.63) is 22.4 Å². The summed E-state index contributed by atoms with van der Waals surface area (Å²) in [7, 11) is 1.80. The molecule has 0 bridgehead atoms. The normalized spacial score (nSPS) is 19.2. The van der Waals surface area contributed by atoms with E-state index in [4.69, 9.17) is 9.47 Å². The first-order chi connectivity index (χ1) is 10.8. The van der Waals surface area contributed by atoms with Gasteiger partial charge in [0.05, 0.1) is 12.7 Å². The van der Waals surface area contributed by atoms with Crippen LogP contribution in [0.3, 0.4) is 0 Å². The van der Waals surface area contributed by atoms with Gasteiger partial charge in [0.2, 0.25) is 0 Å². The lowest BCUT2D eigenvalue weighted by Gasteiger charge is -2.15. The third kappa shape index (κ3) is 7.82. The standard InChI is InChI=1S/C16H27N3O2S.HI/c1-13(15-5-3-10-22-15)11-19-16(17-2)18-7-4-8-21-14-6-9-20-12-14;/h3,5,10,13-14H,4,6-9,11-12H2,1-2H3,(H2,17,18,19);1H. The van der Waals surface area contributed by atoms with Crippen LogP contribution in [0.2, 0.25) is 0 Å². The Labute approximate surface area is 160 Å². The second kappa shape index (κ2) is 12.0. The molecule has 0 aromatic carbocycles. The molecular formula is C16H28IN3O2S. The second-order valence-corrected chi connectivity index (χ2v) is 6.49. The van der Waals surface area contributed by atoms with E-state index in [-0.39, 0.29) is 24.0 Å². The van der Waals surface area contributed by atoms with Gasteiger partial charge in [-0.05, 0) is 24.3 Å². The number of hydrogen-bond donors (Lipinski definition) is 2. The van der Waals surface area contributed by atoms with Gasteiger partial charge in [0, 0.05) is 44.1 Å². The smallest absolute Gasteiger partial charge is 0.190 e. The summed E-state index contributed by atoms with van der Waals surface area (Å²) < 4.78 is 11.0. The summed E-state index contributed by atoms with van der Waals surface area (Å²) in [5, 5.41) is 8.82. The molecule has 1 aromatic rings. The predicted molar refractivity (Wildman–Crippen MR) is 107 cm³/mol. The minimum atomic E-state index is 0. The van der Waals surface area contributed by atoms with Gasteiger partial charge in [-0.3, -0.25) is 4.99 Å². The van der Waals surface area contributed by atoms with Crippen LogP contribution < -0.4 is 10.6 Å². The number of aliphatic imine (C=N–C) groups is 1. The summed E-state index contributed by atoms with van der Waals surface area (Å²) in [5.74, 6) is 1.34. The van der Waals surface area contributed by atoms with Crippen LogP contribution in [0, 0.1) is 0 Å². The lowest BCUT2D eigenvalue weighted by Crippen LogP contribution is -2.39. The SMILES string of the molecule is CN=C(NCCCOC1CCOC1)NCC(C)c1cccs1.I. The number of nitrogens with zero attached hydrogens (tertiary/aromatic N) is 1. The predicted octanol–water partition coefficient (Wildman–Crippen LogP) is 2.83. The van der Waals surface area contributed by atoms with E-state index >= 15 is 0 Å². The van der Waals surface area contributed by atoms with Crippen LogP contribution in [-0.2, 0) is 9.47 Å². The topological polar surface area (TPSA) is 54.9 Å². The Hall–Kier alpha value is -0.380. The van der Waals surface area contributed by atoms with Crippen LogP contribution in [0.15, 0.2) is 22.5 Å². The number of thiophene rings is 1. The van der Waals surface area contributed by atoms with Gasteiger partial charge in [0.15, 0.2) is 5.96 Å². The van der Waals surface area contributed by atoms with Crippen LogP contribution in [0.4, 0.5) is 0 Å². The third-order valence-corrected chi connectivity index (χ3v) is 4.79. The van der Waals surface area contributed by atoms with E-state index in [9.17, 15) is 0 Å². The zero-order valence-electron chi connectivity index (χ0n) is 13.9. The summed E-state index contributed by atoms with van der Waals surface area (Å²) in [5.41, 5.74) is 0. The molecule has 1 aliphatic rings. The van der Waals surface area contributed by atoms with Crippen molar-refractivity contribution in [2.75, 3.05) is 40.0 Å². The van der Waals surface area contributed by atoms with Gasteiger partial charge < -0.3 is 20.1 Å². The average Bonchev–Trinajstić information content (AvgIpc) is 3.22. The van der Waals surface area contributed by atoms with Crippen molar-refractivity contribution < 1.29 is 9.47 Å². The first kappa shape index (κ1) is 20.7. The van der Waals surface area contributed by atoms with Crippen molar-refractivity contribution in [3.63, 3.8) is 0 Å². The van der Waals surface area contributed by atoms with Gasteiger partial charge in [-0.1, -0.05) is 13.0 Å². The Bertz CT molecular complexity index is 437. The van der Waals surface area contributed by atoms with Crippen LogP contribution in [-0.4, -0.2) is 52.0 Å². The molecule has 2 atom stereocenters. The number of ether oxygens (including phenoxy) is 2. The molecule has 2 N–H and O–H groups in total. The molecule has 1 fully saturated rings. The Balaban J connectivity index is 0.00000264. The fraction of sp³-hybridized carbons (Fsp3) is 0.688. The Morgan fingerprint density at radius 3 is 3.04 bits per heavy atom. The van der Waals surface area contributed by atoms with Crippen LogP contribution in [0.5, 0.6) is 0 Å². The molecule has 132 valence electrons. The first-order valence-corrected chi connectivity index (χ1v) is 8.85. The zero-order valence-corrected chi connectivity index (χ0v) is 17.1. The van der Waals surface area contributed by atoms with E-state index < -0.39 is 0 Å². The maximum Gasteiger partial charge on any atom is 0.190 e. The van der Waals surface area contributed by atoms with Gasteiger partial charge in [-0.15, -0.1) is 35.3 Å². The number of halogens is 1. The molecule has 1 aliphatic heterocycles. The zero-order chi connectivity index (χ0) is 15.6. The number of guanidine groups is 1. The summed E-state index contributed by atoms with van der Waals surface area (Å²) in [6, 6.07) is 4.27. The van der Waals surface area contributed by atoms with Crippen LogP contribution in [0.1, 0.15) is 30.6 Å². The third-order valence-electron chi connectivity index (χ3n) is 3.68. The summed E-state index contributed by atoms with van der Waals surface area (Å²) in [4.78, 5) is 5.65. The molecule has 23 heavy (non-hydrogen) atoms. The largest absolute Gasteiger partial charge is 0.379 e. The van der Waals surface area contributed by atoms with Crippen molar-refractivity contribution in [2.45, 2.75) is 31.8 Å². The van der Waals surface area contributed by atoms with Crippen LogP contribution >= 0.6 is 35.3 Å².